The summed E-state index contributed by atoms with van der Waals surface area (Å²) in [7, 11) is 0. The first-order chi connectivity index (χ1) is 6.47. The molecule has 0 aromatic carbocycles. The summed E-state index contributed by atoms with van der Waals surface area (Å²) in [6.07, 6.45) is 1.14. The second-order valence-corrected chi connectivity index (χ2v) is 5.50. The first kappa shape index (κ1) is 11.5. The number of rotatable bonds is 4. The molecule has 0 saturated carbocycles. The van der Waals surface area contributed by atoms with Gasteiger partial charge in [-0.1, -0.05) is 32.1 Å². The molecule has 0 fully saturated rings. The number of H-pyrrole nitrogens is 1. The Kier molecular flexibility index (Phi) is 3.89. The Hall–Kier alpha value is -0.610. The molecule has 0 aliphatic heterocycles. The van der Waals surface area contributed by atoms with Gasteiger partial charge in [0.1, 0.15) is 0 Å². The summed E-state index contributed by atoms with van der Waals surface area (Å²) in [6, 6.07) is 0. The summed E-state index contributed by atoms with van der Waals surface area (Å²) in [5.41, 5.74) is 1.35. The lowest BCUT2D eigenvalue weighted by Crippen LogP contribution is -2.20. The predicted molar refractivity (Wildman–Crippen MR) is 60.7 cm³/mol. The molecule has 0 bridgehead atoms. The fourth-order valence-corrected chi connectivity index (χ4v) is 1.67. The van der Waals surface area contributed by atoms with Crippen LogP contribution in [0, 0.1) is 5.41 Å². The monoisotopic (exact) mass is 214 g/mol. The van der Waals surface area contributed by atoms with E-state index in [4.69, 9.17) is 0 Å². The smallest absolute Gasteiger partial charge is 0.304 e. The van der Waals surface area contributed by atoms with Crippen molar-refractivity contribution in [3.05, 3.63) is 20.7 Å². The summed E-state index contributed by atoms with van der Waals surface area (Å²) < 4.78 is 0. The van der Waals surface area contributed by atoms with Crippen LogP contribution in [0.2, 0.25) is 0 Å². The van der Waals surface area contributed by atoms with E-state index in [2.05, 4.69) is 31.1 Å². The normalized spacial score (nSPS) is 11.9. The summed E-state index contributed by atoms with van der Waals surface area (Å²) in [5.74, 6) is 0. The Labute approximate surface area is 88.6 Å². The molecule has 0 saturated heterocycles. The predicted octanol–water partition coefficient (Wildman–Crippen LogP) is 1.96. The summed E-state index contributed by atoms with van der Waals surface area (Å²) in [5, 5.41) is 5.18. The minimum Gasteiger partial charge on any atom is -0.315 e. The van der Waals surface area contributed by atoms with Gasteiger partial charge in [-0.15, -0.1) is 0 Å². The molecule has 0 amide bonds. The van der Waals surface area contributed by atoms with Crippen molar-refractivity contribution in [1.82, 2.24) is 10.3 Å². The van der Waals surface area contributed by atoms with Gasteiger partial charge in [-0.3, -0.25) is 4.79 Å². The zero-order chi connectivity index (χ0) is 10.6. The van der Waals surface area contributed by atoms with Gasteiger partial charge in [0.25, 0.3) is 0 Å². The Bertz CT molecular complexity index is 321. The topological polar surface area (TPSA) is 44.9 Å². The van der Waals surface area contributed by atoms with E-state index in [1.54, 1.807) is 0 Å². The Morgan fingerprint density at radius 3 is 2.71 bits per heavy atom. The van der Waals surface area contributed by atoms with Crippen molar-refractivity contribution in [2.45, 2.75) is 33.7 Å². The van der Waals surface area contributed by atoms with Crippen LogP contribution in [0.5, 0.6) is 0 Å². The fraction of sp³-hybridized carbons (Fsp3) is 0.700. The molecular weight excluding hydrogens is 196 g/mol. The van der Waals surface area contributed by atoms with Gasteiger partial charge < -0.3 is 10.3 Å². The Morgan fingerprint density at radius 2 is 2.21 bits per heavy atom. The van der Waals surface area contributed by atoms with E-state index in [0.717, 1.165) is 25.2 Å². The van der Waals surface area contributed by atoms with Gasteiger partial charge in [0.15, 0.2) is 0 Å². The molecule has 4 heteroatoms. The highest BCUT2D eigenvalue weighted by Gasteiger charge is 2.08. The van der Waals surface area contributed by atoms with E-state index in [0.29, 0.717) is 5.41 Å². The highest BCUT2D eigenvalue weighted by atomic mass is 32.1. The highest BCUT2D eigenvalue weighted by Crippen LogP contribution is 2.16. The summed E-state index contributed by atoms with van der Waals surface area (Å²) in [6.45, 7) is 8.42. The zero-order valence-electron chi connectivity index (χ0n) is 9.02. The lowest BCUT2D eigenvalue weighted by atomic mass is 9.92. The quantitative estimate of drug-likeness (QED) is 0.753. The maximum absolute atomic E-state index is 10.8. The van der Waals surface area contributed by atoms with Crippen LogP contribution in [0.15, 0.2) is 10.2 Å². The maximum Gasteiger partial charge on any atom is 0.304 e. The van der Waals surface area contributed by atoms with E-state index in [9.17, 15) is 4.79 Å². The van der Waals surface area contributed by atoms with Crippen molar-refractivity contribution in [3.8, 4) is 0 Å². The SMILES string of the molecule is CC(C)(C)CCNCc1csc(=O)[nH]1. The second kappa shape index (κ2) is 4.75. The largest absolute Gasteiger partial charge is 0.315 e. The third-order valence-corrected chi connectivity index (χ3v) is 2.66. The van der Waals surface area contributed by atoms with E-state index < -0.39 is 0 Å². The number of hydrogen-bond acceptors (Lipinski definition) is 3. The molecule has 0 unspecified atom stereocenters. The molecule has 1 aromatic rings. The molecule has 14 heavy (non-hydrogen) atoms. The van der Waals surface area contributed by atoms with Gasteiger partial charge in [-0.2, -0.15) is 0 Å². The third-order valence-electron chi connectivity index (χ3n) is 1.94. The molecule has 3 nitrogen and oxygen atoms in total. The van der Waals surface area contributed by atoms with Gasteiger partial charge >= 0.3 is 4.87 Å². The van der Waals surface area contributed by atoms with Gasteiger partial charge in [0.05, 0.1) is 0 Å². The summed E-state index contributed by atoms with van der Waals surface area (Å²) in [4.78, 5) is 13.6. The van der Waals surface area contributed by atoms with E-state index in [-0.39, 0.29) is 4.87 Å². The Morgan fingerprint density at radius 1 is 1.50 bits per heavy atom. The number of hydrogen-bond donors (Lipinski definition) is 2. The van der Waals surface area contributed by atoms with E-state index in [1.165, 1.54) is 11.3 Å². The Balaban J connectivity index is 2.19. The standard InChI is InChI=1S/C10H18N2OS/c1-10(2,3)4-5-11-6-8-7-14-9(13)12-8/h7,11H,4-6H2,1-3H3,(H,12,13). The van der Waals surface area contributed by atoms with Crippen LogP contribution in [0.25, 0.3) is 0 Å². The maximum atomic E-state index is 10.8. The molecule has 80 valence electrons. The van der Waals surface area contributed by atoms with Crippen LogP contribution in [-0.2, 0) is 6.54 Å². The van der Waals surface area contributed by atoms with Crippen LogP contribution in [0.1, 0.15) is 32.9 Å². The first-order valence-electron chi connectivity index (χ1n) is 4.85. The van der Waals surface area contributed by atoms with Gasteiger partial charge in [0, 0.05) is 17.6 Å². The third kappa shape index (κ3) is 4.58. The molecule has 2 N–H and O–H groups in total. The minimum absolute atomic E-state index is 0.0256. The number of thiazole rings is 1. The average molecular weight is 214 g/mol. The number of aromatic nitrogens is 1. The van der Waals surface area contributed by atoms with Crippen molar-refractivity contribution < 1.29 is 0 Å². The second-order valence-electron chi connectivity index (χ2n) is 4.66. The van der Waals surface area contributed by atoms with E-state index >= 15 is 0 Å². The van der Waals surface area contributed by atoms with Gasteiger partial charge in [0.2, 0.25) is 0 Å². The van der Waals surface area contributed by atoms with Crippen LogP contribution >= 0.6 is 11.3 Å². The van der Waals surface area contributed by atoms with Crippen molar-refractivity contribution in [3.63, 3.8) is 0 Å². The average Bonchev–Trinajstić information content (AvgIpc) is 2.44. The fourth-order valence-electron chi connectivity index (χ4n) is 1.09. The molecule has 0 atom stereocenters. The molecule has 0 aliphatic carbocycles. The van der Waals surface area contributed by atoms with Crippen LogP contribution in [-0.4, -0.2) is 11.5 Å². The van der Waals surface area contributed by atoms with Gasteiger partial charge in [-0.25, -0.2) is 0 Å². The molecule has 1 heterocycles. The lowest BCUT2D eigenvalue weighted by Gasteiger charge is -2.17. The number of nitrogens with one attached hydrogen (secondary N) is 2. The highest BCUT2D eigenvalue weighted by molar-refractivity contribution is 7.07. The molecule has 1 rings (SSSR count). The first-order valence-corrected chi connectivity index (χ1v) is 5.73. The molecule has 0 radical (unpaired) electrons. The molecule has 0 aliphatic rings. The van der Waals surface area contributed by atoms with Crippen LogP contribution in [0.4, 0.5) is 0 Å². The van der Waals surface area contributed by atoms with Crippen LogP contribution < -0.4 is 10.2 Å². The molecule has 1 aromatic heterocycles. The molecule has 0 spiro atoms. The van der Waals surface area contributed by atoms with Crippen molar-refractivity contribution in [2.75, 3.05) is 6.54 Å². The van der Waals surface area contributed by atoms with Gasteiger partial charge in [-0.05, 0) is 18.4 Å². The lowest BCUT2D eigenvalue weighted by molar-refractivity contribution is 0.366. The minimum atomic E-state index is 0.0256. The van der Waals surface area contributed by atoms with Crippen molar-refractivity contribution in [2.24, 2.45) is 5.41 Å². The van der Waals surface area contributed by atoms with Crippen molar-refractivity contribution in [1.29, 1.82) is 0 Å². The summed E-state index contributed by atoms with van der Waals surface area (Å²) >= 11 is 1.22. The van der Waals surface area contributed by atoms with Crippen molar-refractivity contribution >= 4 is 11.3 Å². The van der Waals surface area contributed by atoms with Crippen LogP contribution in [0.3, 0.4) is 0 Å². The number of aromatic amines is 1. The molecular formula is C10H18N2OS. The van der Waals surface area contributed by atoms with E-state index in [1.807, 2.05) is 5.38 Å². The zero-order valence-corrected chi connectivity index (χ0v) is 9.83.